The van der Waals surface area contributed by atoms with E-state index in [1.165, 1.54) is 0 Å². The van der Waals surface area contributed by atoms with Crippen molar-refractivity contribution >= 4 is 0 Å². The number of likely N-dealkylation sites (N-methyl/N-ethyl adjacent to an activating group) is 1. The zero-order chi connectivity index (χ0) is 10.6. The minimum Gasteiger partial charge on any atom is -0.386 e. The van der Waals surface area contributed by atoms with Gasteiger partial charge in [-0.1, -0.05) is 37.3 Å². The lowest BCUT2D eigenvalue weighted by atomic mass is 9.87. The number of nitrogens with one attached hydrogen (secondary N) is 1. The summed E-state index contributed by atoms with van der Waals surface area (Å²) in [6.07, 6.45) is 0.429. The molecule has 0 aliphatic rings. The van der Waals surface area contributed by atoms with E-state index in [0.717, 1.165) is 12.0 Å². The average molecular weight is 193 g/mol. The third kappa shape index (κ3) is 2.14. The Morgan fingerprint density at radius 2 is 1.93 bits per heavy atom. The highest BCUT2D eigenvalue weighted by Gasteiger charge is 2.30. The molecule has 2 atom stereocenters. The fraction of sp³-hybridized carbons (Fsp3) is 0.500. The minimum absolute atomic E-state index is 0.249. The van der Waals surface area contributed by atoms with E-state index in [2.05, 4.69) is 12.2 Å². The largest absolute Gasteiger partial charge is 0.386 e. The zero-order valence-corrected chi connectivity index (χ0v) is 9.12. The smallest absolute Gasteiger partial charge is 0.0968 e. The maximum Gasteiger partial charge on any atom is 0.0968 e. The zero-order valence-electron chi connectivity index (χ0n) is 9.12. The van der Waals surface area contributed by atoms with Crippen molar-refractivity contribution in [3.63, 3.8) is 0 Å². The van der Waals surface area contributed by atoms with Gasteiger partial charge >= 0.3 is 0 Å². The van der Waals surface area contributed by atoms with Crippen LogP contribution in [-0.4, -0.2) is 17.7 Å². The Morgan fingerprint density at radius 3 is 2.36 bits per heavy atom. The lowest BCUT2D eigenvalue weighted by Crippen LogP contribution is -2.44. The number of benzene rings is 1. The third-order valence-corrected chi connectivity index (χ3v) is 3.02. The van der Waals surface area contributed by atoms with Gasteiger partial charge in [0.05, 0.1) is 6.10 Å². The van der Waals surface area contributed by atoms with E-state index >= 15 is 0 Å². The average Bonchev–Trinajstić information content (AvgIpc) is 2.28. The molecule has 0 saturated carbocycles. The van der Waals surface area contributed by atoms with Gasteiger partial charge in [-0.15, -0.1) is 0 Å². The van der Waals surface area contributed by atoms with E-state index in [-0.39, 0.29) is 5.54 Å². The summed E-state index contributed by atoms with van der Waals surface area (Å²) in [6.45, 7) is 4.10. The van der Waals surface area contributed by atoms with E-state index in [0.29, 0.717) is 0 Å². The molecule has 2 heteroatoms. The Labute approximate surface area is 86.0 Å². The molecule has 0 radical (unpaired) electrons. The van der Waals surface area contributed by atoms with Crippen LogP contribution >= 0.6 is 0 Å². The molecule has 0 saturated heterocycles. The van der Waals surface area contributed by atoms with E-state index in [1.807, 2.05) is 44.3 Å². The summed E-state index contributed by atoms with van der Waals surface area (Å²) in [5.74, 6) is 0. The molecule has 78 valence electrons. The first kappa shape index (κ1) is 11.2. The van der Waals surface area contributed by atoms with Gasteiger partial charge in [0.15, 0.2) is 0 Å². The van der Waals surface area contributed by atoms with Crippen LogP contribution < -0.4 is 5.32 Å². The van der Waals surface area contributed by atoms with Crippen LogP contribution in [0.1, 0.15) is 31.9 Å². The van der Waals surface area contributed by atoms with E-state index in [9.17, 15) is 5.11 Å². The Bertz CT molecular complexity index is 267. The second-order valence-corrected chi connectivity index (χ2v) is 3.83. The van der Waals surface area contributed by atoms with E-state index in [1.54, 1.807) is 0 Å². The highest BCUT2D eigenvalue weighted by Crippen LogP contribution is 2.27. The molecule has 0 spiro atoms. The van der Waals surface area contributed by atoms with Gasteiger partial charge in [-0.25, -0.2) is 0 Å². The molecule has 1 rings (SSSR count). The highest BCUT2D eigenvalue weighted by molar-refractivity contribution is 5.20. The SMILES string of the molecule is CCC(C)(NC)C(O)c1ccccc1. The molecule has 1 aromatic rings. The normalized spacial score (nSPS) is 17.4. The predicted molar refractivity (Wildman–Crippen MR) is 59.2 cm³/mol. The second-order valence-electron chi connectivity index (χ2n) is 3.83. The molecule has 0 aliphatic heterocycles. The van der Waals surface area contributed by atoms with Gasteiger partial charge in [0.25, 0.3) is 0 Å². The molecular formula is C12H19NO. The number of hydrogen-bond acceptors (Lipinski definition) is 2. The van der Waals surface area contributed by atoms with Gasteiger partial charge in [-0.2, -0.15) is 0 Å². The van der Waals surface area contributed by atoms with Crippen molar-refractivity contribution in [2.45, 2.75) is 31.9 Å². The molecule has 0 aromatic heterocycles. The molecule has 2 unspecified atom stereocenters. The van der Waals surface area contributed by atoms with Crippen molar-refractivity contribution in [3.8, 4) is 0 Å². The van der Waals surface area contributed by atoms with Crippen LogP contribution in [-0.2, 0) is 0 Å². The Morgan fingerprint density at radius 1 is 1.36 bits per heavy atom. The van der Waals surface area contributed by atoms with Gasteiger partial charge in [-0.3, -0.25) is 0 Å². The standard InChI is InChI=1S/C12H19NO/c1-4-12(2,13-3)11(14)10-8-6-5-7-9-10/h5-9,11,13-14H,4H2,1-3H3. The molecule has 2 N–H and O–H groups in total. The topological polar surface area (TPSA) is 32.3 Å². The number of hydrogen-bond donors (Lipinski definition) is 2. The Hall–Kier alpha value is -0.860. The second kappa shape index (κ2) is 4.58. The number of rotatable bonds is 4. The van der Waals surface area contributed by atoms with E-state index in [4.69, 9.17) is 0 Å². The van der Waals surface area contributed by atoms with Crippen molar-refractivity contribution < 1.29 is 5.11 Å². The summed E-state index contributed by atoms with van der Waals surface area (Å²) in [6, 6.07) is 9.76. The summed E-state index contributed by atoms with van der Waals surface area (Å²) >= 11 is 0. The molecule has 0 heterocycles. The third-order valence-electron chi connectivity index (χ3n) is 3.02. The molecule has 0 amide bonds. The van der Waals surface area contributed by atoms with Crippen molar-refractivity contribution in [3.05, 3.63) is 35.9 Å². The van der Waals surface area contributed by atoms with Crippen LogP contribution in [0.3, 0.4) is 0 Å². The minimum atomic E-state index is -0.460. The molecule has 1 aromatic carbocycles. The summed E-state index contributed by atoms with van der Waals surface area (Å²) in [4.78, 5) is 0. The van der Waals surface area contributed by atoms with Crippen LogP contribution in [0.5, 0.6) is 0 Å². The molecular weight excluding hydrogens is 174 g/mol. The van der Waals surface area contributed by atoms with Gasteiger partial charge < -0.3 is 10.4 Å². The number of aliphatic hydroxyl groups excluding tert-OH is 1. The predicted octanol–water partition coefficient (Wildman–Crippen LogP) is 2.11. The Balaban J connectivity index is 2.89. The van der Waals surface area contributed by atoms with E-state index < -0.39 is 6.10 Å². The van der Waals surface area contributed by atoms with Crippen LogP contribution in [0.2, 0.25) is 0 Å². The van der Waals surface area contributed by atoms with Crippen LogP contribution in [0.4, 0.5) is 0 Å². The molecule has 0 aliphatic carbocycles. The molecule has 2 nitrogen and oxygen atoms in total. The van der Waals surface area contributed by atoms with Crippen molar-refractivity contribution in [1.29, 1.82) is 0 Å². The first-order valence-corrected chi connectivity index (χ1v) is 5.06. The molecule has 0 bridgehead atoms. The Kier molecular flexibility index (Phi) is 3.67. The fourth-order valence-electron chi connectivity index (χ4n) is 1.51. The highest BCUT2D eigenvalue weighted by atomic mass is 16.3. The van der Waals surface area contributed by atoms with Gasteiger partial charge in [0, 0.05) is 5.54 Å². The molecule has 14 heavy (non-hydrogen) atoms. The quantitative estimate of drug-likeness (QED) is 0.767. The van der Waals surface area contributed by atoms with Crippen LogP contribution in [0.15, 0.2) is 30.3 Å². The van der Waals surface area contributed by atoms with Crippen LogP contribution in [0.25, 0.3) is 0 Å². The monoisotopic (exact) mass is 193 g/mol. The first-order chi connectivity index (χ1) is 6.64. The molecule has 0 fully saturated rings. The summed E-state index contributed by atoms with van der Waals surface area (Å²) in [7, 11) is 1.88. The van der Waals surface area contributed by atoms with Crippen LogP contribution in [0, 0.1) is 0 Å². The number of aliphatic hydroxyl groups is 1. The van der Waals surface area contributed by atoms with Gasteiger partial charge in [-0.05, 0) is 26.0 Å². The van der Waals surface area contributed by atoms with Crippen molar-refractivity contribution in [2.24, 2.45) is 0 Å². The maximum absolute atomic E-state index is 10.2. The summed E-state index contributed by atoms with van der Waals surface area (Å²) in [5.41, 5.74) is 0.715. The van der Waals surface area contributed by atoms with Crippen molar-refractivity contribution in [2.75, 3.05) is 7.05 Å². The summed E-state index contributed by atoms with van der Waals surface area (Å²) < 4.78 is 0. The maximum atomic E-state index is 10.2. The van der Waals surface area contributed by atoms with Gasteiger partial charge in [0.1, 0.15) is 0 Å². The lowest BCUT2D eigenvalue weighted by Gasteiger charge is -2.33. The summed E-state index contributed by atoms with van der Waals surface area (Å²) in [5, 5.41) is 13.4. The fourth-order valence-corrected chi connectivity index (χ4v) is 1.51. The van der Waals surface area contributed by atoms with Gasteiger partial charge in [0.2, 0.25) is 0 Å². The first-order valence-electron chi connectivity index (χ1n) is 5.06. The lowest BCUT2D eigenvalue weighted by molar-refractivity contribution is 0.0716. The van der Waals surface area contributed by atoms with Crippen molar-refractivity contribution in [1.82, 2.24) is 5.32 Å².